The van der Waals surface area contributed by atoms with Crippen LogP contribution in [-0.2, 0) is 6.18 Å². The van der Waals surface area contributed by atoms with Crippen LogP contribution in [0.3, 0.4) is 0 Å². The zero-order valence-corrected chi connectivity index (χ0v) is 16.3. The van der Waals surface area contributed by atoms with Gasteiger partial charge in [0.25, 0.3) is 0 Å². The average Bonchev–Trinajstić information content (AvgIpc) is 3.33. The molecule has 0 atom stereocenters. The van der Waals surface area contributed by atoms with Gasteiger partial charge in [0.2, 0.25) is 5.13 Å². The highest BCUT2D eigenvalue weighted by Crippen LogP contribution is 2.37. The van der Waals surface area contributed by atoms with Gasteiger partial charge in [0.1, 0.15) is 0 Å². The summed E-state index contributed by atoms with van der Waals surface area (Å²) in [6.45, 7) is 1.77. The van der Waals surface area contributed by atoms with Crippen LogP contribution in [0.5, 0.6) is 0 Å². The molecule has 0 aliphatic heterocycles. The second kappa shape index (κ2) is 7.42. The van der Waals surface area contributed by atoms with Crippen molar-refractivity contribution in [3.63, 3.8) is 0 Å². The number of aromatic nitrogens is 3. The Morgan fingerprint density at radius 3 is 2.40 bits per heavy atom. The van der Waals surface area contributed by atoms with E-state index in [1.54, 1.807) is 13.0 Å². The topological polar surface area (TPSA) is 68.0 Å². The molecule has 5 nitrogen and oxygen atoms in total. The third-order valence-corrected chi connectivity index (χ3v) is 5.34. The summed E-state index contributed by atoms with van der Waals surface area (Å²) >= 11 is 1.05. The highest BCUT2D eigenvalue weighted by Gasteiger charge is 2.31. The second-order valence-electron chi connectivity index (χ2n) is 6.50. The SMILES string of the molecule is Cc1c(-c2ccccc2)nn(-c2nc(C(=O)O)cs2)c1-c1cccc(C(F)(F)F)c1. The number of aromatic carboxylic acids is 1. The van der Waals surface area contributed by atoms with Crippen LogP contribution in [0.1, 0.15) is 21.6 Å². The Labute approximate surface area is 173 Å². The molecular weight excluding hydrogens is 415 g/mol. The number of rotatable bonds is 4. The van der Waals surface area contributed by atoms with Crippen LogP contribution < -0.4 is 0 Å². The molecule has 152 valence electrons. The predicted molar refractivity (Wildman–Crippen MR) is 107 cm³/mol. The Morgan fingerprint density at radius 1 is 1.07 bits per heavy atom. The van der Waals surface area contributed by atoms with Crippen LogP contribution in [-0.4, -0.2) is 25.8 Å². The van der Waals surface area contributed by atoms with Gasteiger partial charge in [-0.25, -0.2) is 14.5 Å². The van der Waals surface area contributed by atoms with Crippen LogP contribution in [0.25, 0.3) is 27.6 Å². The number of carbonyl (C=O) groups is 1. The van der Waals surface area contributed by atoms with Gasteiger partial charge in [-0.05, 0) is 19.1 Å². The number of halogens is 3. The molecule has 0 bridgehead atoms. The summed E-state index contributed by atoms with van der Waals surface area (Å²) < 4.78 is 41.2. The molecular formula is C21H14F3N3O2S. The fourth-order valence-corrected chi connectivity index (χ4v) is 3.90. The number of hydrogen-bond donors (Lipinski definition) is 1. The van der Waals surface area contributed by atoms with Gasteiger partial charge in [-0.15, -0.1) is 11.3 Å². The van der Waals surface area contributed by atoms with E-state index in [4.69, 9.17) is 0 Å². The summed E-state index contributed by atoms with van der Waals surface area (Å²) in [6, 6.07) is 14.2. The summed E-state index contributed by atoms with van der Waals surface area (Å²) in [5.74, 6) is -1.19. The van der Waals surface area contributed by atoms with E-state index in [2.05, 4.69) is 10.1 Å². The summed E-state index contributed by atoms with van der Waals surface area (Å²) in [6.07, 6.45) is -4.49. The molecule has 30 heavy (non-hydrogen) atoms. The van der Waals surface area contributed by atoms with Crippen molar-refractivity contribution in [2.24, 2.45) is 0 Å². The Morgan fingerprint density at radius 2 is 1.77 bits per heavy atom. The second-order valence-corrected chi connectivity index (χ2v) is 7.34. The van der Waals surface area contributed by atoms with E-state index in [-0.39, 0.29) is 10.8 Å². The highest BCUT2D eigenvalue weighted by atomic mass is 32.1. The molecule has 0 saturated carbocycles. The molecule has 4 rings (SSSR count). The van der Waals surface area contributed by atoms with E-state index in [9.17, 15) is 23.1 Å². The number of benzene rings is 2. The minimum Gasteiger partial charge on any atom is -0.476 e. The lowest BCUT2D eigenvalue weighted by atomic mass is 10.0. The maximum Gasteiger partial charge on any atom is 0.416 e. The number of carboxylic acid groups (broad SMARTS) is 1. The third-order valence-electron chi connectivity index (χ3n) is 4.53. The van der Waals surface area contributed by atoms with E-state index >= 15 is 0 Å². The Kier molecular flexibility index (Phi) is 4.90. The van der Waals surface area contributed by atoms with Gasteiger partial charge in [0, 0.05) is 22.1 Å². The van der Waals surface area contributed by atoms with E-state index in [1.807, 2.05) is 30.3 Å². The average molecular weight is 429 g/mol. The van der Waals surface area contributed by atoms with Crippen molar-refractivity contribution in [1.82, 2.24) is 14.8 Å². The van der Waals surface area contributed by atoms with Crippen LogP contribution in [0.15, 0.2) is 60.0 Å². The maximum absolute atomic E-state index is 13.3. The molecule has 0 saturated heterocycles. The number of carboxylic acids is 1. The molecule has 0 spiro atoms. The first-order valence-electron chi connectivity index (χ1n) is 8.77. The van der Waals surface area contributed by atoms with Crippen molar-refractivity contribution >= 4 is 17.3 Å². The Bertz CT molecular complexity index is 1230. The van der Waals surface area contributed by atoms with Crippen molar-refractivity contribution in [2.45, 2.75) is 13.1 Å². The van der Waals surface area contributed by atoms with Crippen LogP contribution in [0, 0.1) is 6.92 Å². The minimum atomic E-state index is -4.49. The van der Waals surface area contributed by atoms with E-state index < -0.39 is 17.7 Å². The minimum absolute atomic E-state index is 0.153. The van der Waals surface area contributed by atoms with Gasteiger partial charge >= 0.3 is 12.1 Å². The molecule has 2 aromatic heterocycles. The van der Waals surface area contributed by atoms with E-state index in [1.165, 1.54) is 16.1 Å². The summed E-state index contributed by atoms with van der Waals surface area (Å²) in [4.78, 5) is 15.3. The summed E-state index contributed by atoms with van der Waals surface area (Å²) in [5, 5.41) is 15.4. The molecule has 0 amide bonds. The monoisotopic (exact) mass is 429 g/mol. The molecule has 4 aromatic rings. The first-order valence-corrected chi connectivity index (χ1v) is 9.65. The lowest BCUT2D eigenvalue weighted by Crippen LogP contribution is -2.06. The van der Waals surface area contributed by atoms with Gasteiger partial charge in [-0.1, -0.05) is 42.5 Å². The lowest BCUT2D eigenvalue weighted by Gasteiger charge is -2.10. The summed E-state index contributed by atoms with van der Waals surface area (Å²) in [5.41, 5.74) is 1.83. The highest BCUT2D eigenvalue weighted by molar-refractivity contribution is 7.12. The summed E-state index contributed by atoms with van der Waals surface area (Å²) in [7, 11) is 0. The largest absolute Gasteiger partial charge is 0.476 e. The molecule has 9 heteroatoms. The molecule has 0 fully saturated rings. The van der Waals surface area contributed by atoms with E-state index in [0.717, 1.165) is 29.0 Å². The molecule has 2 heterocycles. The van der Waals surface area contributed by atoms with Crippen LogP contribution >= 0.6 is 11.3 Å². The molecule has 0 unspecified atom stereocenters. The quantitative estimate of drug-likeness (QED) is 0.453. The Hall–Kier alpha value is -3.46. The van der Waals surface area contributed by atoms with Crippen molar-refractivity contribution < 1.29 is 23.1 Å². The van der Waals surface area contributed by atoms with Crippen molar-refractivity contribution in [1.29, 1.82) is 0 Å². The number of hydrogen-bond acceptors (Lipinski definition) is 4. The van der Waals surface area contributed by atoms with Gasteiger partial charge < -0.3 is 5.11 Å². The molecule has 2 aromatic carbocycles. The molecule has 1 N–H and O–H groups in total. The fourth-order valence-electron chi connectivity index (χ4n) is 3.15. The standard InChI is InChI=1S/C21H14F3N3O2S/c1-12-17(13-6-3-2-4-7-13)26-27(20-25-16(11-30-20)19(28)29)18(12)14-8-5-9-15(10-14)21(22,23)24/h2-11H,1H3,(H,28,29). The molecule has 0 radical (unpaired) electrons. The predicted octanol–water partition coefficient (Wildman–Crippen LogP) is 5.69. The van der Waals surface area contributed by atoms with Crippen LogP contribution in [0.4, 0.5) is 13.2 Å². The van der Waals surface area contributed by atoms with E-state index in [0.29, 0.717) is 22.5 Å². The number of thiazole rings is 1. The third kappa shape index (κ3) is 3.59. The zero-order chi connectivity index (χ0) is 21.5. The van der Waals surface area contributed by atoms with Gasteiger partial charge in [-0.2, -0.15) is 18.3 Å². The Balaban J connectivity index is 1.96. The van der Waals surface area contributed by atoms with Gasteiger partial charge in [0.15, 0.2) is 5.69 Å². The maximum atomic E-state index is 13.3. The van der Waals surface area contributed by atoms with Gasteiger partial charge in [0.05, 0.1) is 17.0 Å². The molecule has 0 aliphatic carbocycles. The van der Waals surface area contributed by atoms with Crippen LogP contribution in [0.2, 0.25) is 0 Å². The zero-order valence-electron chi connectivity index (χ0n) is 15.5. The normalized spacial score (nSPS) is 11.6. The van der Waals surface area contributed by atoms with Crippen molar-refractivity contribution in [3.05, 3.63) is 76.8 Å². The van der Waals surface area contributed by atoms with Crippen molar-refractivity contribution in [3.8, 4) is 27.6 Å². The lowest BCUT2D eigenvalue weighted by molar-refractivity contribution is -0.137. The number of nitrogens with zero attached hydrogens (tertiary/aromatic N) is 3. The van der Waals surface area contributed by atoms with Crippen molar-refractivity contribution in [2.75, 3.05) is 0 Å². The first-order chi connectivity index (χ1) is 14.3. The smallest absolute Gasteiger partial charge is 0.416 e. The first kappa shape index (κ1) is 19.8. The van der Waals surface area contributed by atoms with Gasteiger partial charge in [-0.3, -0.25) is 0 Å². The molecule has 0 aliphatic rings. The fraction of sp³-hybridized carbons (Fsp3) is 0.0952. The number of alkyl halides is 3.